The molecule has 0 aliphatic carbocycles. The number of hydrogen-bond acceptors (Lipinski definition) is 3. The summed E-state index contributed by atoms with van der Waals surface area (Å²) in [5, 5.41) is 15.0. The Morgan fingerprint density at radius 1 is 1.37 bits per heavy atom. The first kappa shape index (κ1) is 13.4. The van der Waals surface area contributed by atoms with Crippen LogP contribution in [-0.4, -0.2) is 47.2 Å². The molecule has 3 N–H and O–H groups in total. The summed E-state index contributed by atoms with van der Waals surface area (Å²) in [5.41, 5.74) is 0.655. The Morgan fingerprint density at radius 3 is 2.68 bits per heavy atom. The number of hydrogen-bond donors (Lipinski definition) is 3. The lowest BCUT2D eigenvalue weighted by atomic mass is 10.1. The van der Waals surface area contributed by atoms with Gasteiger partial charge in [0.15, 0.2) is 0 Å². The first-order valence-electron chi connectivity index (χ1n) is 6.18. The van der Waals surface area contributed by atoms with Crippen LogP contribution in [0.25, 0.3) is 0 Å². The van der Waals surface area contributed by atoms with Gasteiger partial charge in [-0.1, -0.05) is 18.2 Å². The van der Waals surface area contributed by atoms with Gasteiger partial charge in [0, 0.05) is 24.8 Å². The van der Waals surface area contributed by atoms with Gasteiger partial charge in [0.25, 0.3) is 0 Å². The molecule has 1 aromatic rings. The smallest absolute Gasteiger partial charge is 0.328 e. The van der Waals surface area contributed by atoms with E-state index in [0.29, 0.717) is 18.8 Å². The van der Waals surface area contributed by atoms with Crippen LogP contribution in [0.3, 0.4) is 0 Å². The molecule has 1 heterocycles. The summed E-state index contributed by atoms with van der Waals surface area (Å²) < 4.78 is 0. The third-order valence-electron chi connectivity index (χ3n) is 3.17. The molecule has 0 aromatic heterocycles. The van der Waals surface area contributed by atoms with E-state index in [-0.39, 0.29) is 12.1 Å². The third kappa shape index (κ3) is 3.03. The molecule has 0 radical (unpaired) electrons. The molecular weight excluding hydrogens is 246 g/mol. The second kappa shape index (κ2) is 5.71. The molecule has 6 nitrogen and oxygen atoms in total. The van der Waals surface area contributed by atoms with Gasteiger partial charge in [0.2, 0.25) is 0 Å². The largest absolute Gasteiger partial charge is 0.480 e. The minimum Gasteiger partial charge on any atom is -0.480 e. The first-order valence-corrected chi connectivity index (χ1v) is 6.18. The molecular formula is C13H17N3O3. The fourth-order valence-electron chi connectivity index (χ4n) is 2.23. The molecule has 2 rings (SSSR count). The Hall–Kier alpha value is -2.08. The topological polar surface area (TPSA) is 81.7 Å². The number of carbonyl (C=O) groups excluding carboxylic acids is 1. The zero-order valence-electron chi connectivity index (χ0n) is 10.7. The van der Waals surface area contributed by atoms with Crippen LogP contribution in [0.2, 0.25) is 0 Å². The van der Waals surface area contributed by atoms with Gasteiger partial charge in [-0.15, -0.1) is 0 Å². The Balaban J connectivity index is 2.10. The summed E-state index contributed by atoms with van der Waals surface area (Å²) in [6.07, 6.45) is 0. The number of anilines is 1. The van der Waals surface area contributed by atoms with Gasteiger partial charge in [0.05, 0.1) is 0 Å². The monoisotopic (exact) mass is 263 g/mol. The maximum absolute atomic E-state index is 12.2. The maximum Gasteiger partial charge on any atom is 0.328 e. The van der Waals surface area contributed by atoms with E-state index in [2.05, 4.69) is 10.6 Å². The fourth-order valence-corrected chi connectivity index (χ4v) is 2.23. The predicted octanol–water partition coefficient (Wildman–Crippen LogP) is 0.965. The van der Waals surface area contributed by atoms with Crippen molar-refractivity contribution in [3.63, 3.8) is 0 Å². The first-order chi connectivity index (χ1) is 9.09. The highest BCUT2D eigenvalue weighted by Gasteiger charge is 2.36. The molecule has 1 fully saturated rings. The quantitative estimate of drug-likeness (QED) is 0.742. The van der Waals surface area contributed by atoms with Gasteiger partial charge in [0.1, 0.15) is 6.04 Å². The number of amides is 2. The molecule has 1 aromatic carbocycles. The number of carboxylic acids is 1. The highest BCUT2D eigenvalue weighted by atomic mass is 16.4. The average Bonchev–Trinajstić information content (AvgIpc) is 2.39. The van der Waals surface area contributed by atoms with Gasteiger partial charge in [-0.25, -0.2) is 9.59 Å². The van der Waals surface area contributed by atoms with Crippen molar-refractivity contribution < 1.29 is 14.7 Å². The lowest BCUT2D eigenvalue weighted by molar-refractivity contribution is -0.143. The molecule has 0 spiro atoms. The molecule has 2 atom stereocenters. The standard InChI is InChI=1S/C13H17N3O3/c1-9-11(12(17)18)16(8-7-14-9)13(19)15-10-5-3-2-4-6-10/h2-6,9,11,14H,7-8H2,1H3,(H,15,19)(H,17,18). The molecule has 1 saturated heterocycles. The van der Waals surface area contributed by atoms with Crippen molar-refractivity contribution in [1.82, 2.24) is 10.2 Å². The zero-order valence-corrected chi connectivity index (χ0v) is 10.7. The molecule has 19 heavy (non-hydrogen) atoms. The average molecular weight is 263 g/mol. The highest BCUT2D eigenvalue weighted by molar-refractivity contribution is 5.92. The number of carbonyl (C=O) groups is 2. The summed E-state index contributed by atoms with van der Waals surface area (Å²) in [7, 11) is 0. The molecule has 102 valence electrons. The number of nitrogens with one attached hydrogen (secondary N) is 2. The van der Waals surface area contributed by atoms with Crippen molar-refractivity contribution in [3.05, 3.63) is 30.3 Å². The van der Waals surface area contributed by atoms with Crippen molar-refractivity contribution in [3.8, 4) is 0 Å². The second-order valence-corrected chi connectivity index (χ2v) is 4.52. The van der Waals surface area contributed by atoms with Crippen LogP contribution >= 0.6 is 0 Å². The van der Waals surface area contributed by atoms with Gasteiger partial charge >= 0.3 is 12.0 Å². The van der Waals surface area contributed by atoms with E-state index in [0.717, 1.165) is 0 Å². The van der Waals surface area contributed by atoms with Crippen LogP contribution in [-0.2, 0) is 4.79 Å². The number of rotatable bonds is 2. The number of benzene rings is 1. The lowest BCUT2D eigenvalue weighted by Crippen LogP contribution is -2.62. The summed E-state index contributed by atoms with van der Waals surface area (Å²) in [4.78, 5) is 24.8. The summed E-state index contributed by atoms with van der Waals surface area (Å²) in [6, 6.07) is 7.49. The van der Waals surface area contributed by atoms with Gasteiger partial charge in [-0.3, -0.25) is 0 Å². The van der Waals surface area contributed by atoms with Crippen LogP contribution in [0.1, 0.15) is 6.92 Å². The highest BCUT2D eigenvalue weighted by Crippen LogP contribution is 2.13. The molecule has 2 unspecified atom stereocenters. The Bertz CT molecular complexity index is 463. The van der Waals surface area contributed by atoms with E-state index in [1.54, 1.807) is 19.1 Å². The van der Waals surface area contributed by atoms with Gasteiger partial charge in [-0.2, -0.15) is 0 Å². The summed E-state index contributed by atoms with van der Waals surface area (Å²) in [6.45, 7) is 2.73. The van der Waals surface area contributed by atoms with Crippen molar-refractivity contribution in [2.75, 3.05) is 18.4 Å². The van der Waals surface area contributed by atoms with Crippen molar-refractivity contribution in [1.29, 1.82) is 0 Å². The molecule has 1 aliphatic rings. The number of para-hydroxylation sites is 1. The zero-order chi connectivity index (χ0) is 13.8. The van der Waals surface area contributed by atoms with E-state index in [1.807, 2.05) is 18.2 Å². The number of urea groups is 1. The predicted molar refractivity (Wildman–Crippen MR) is 71.1 cm³/mol. The van der Waals surface area contributed by atoms with E-state index in [9.17, 15) is 14.7 Å². The van der Waals surface area contributed by atoms with Crippen LogP contribution in [0.4, 0.5) is 10.5 Å². The third-order valence-corrected chi connectivity index (χ3v) is 3.17. The fraction of sp³-hybridized carbons (Fsp3) is 0.385. The van der Waals surface area contributed by atoms with Gasteiger partial charge in [-0.05, 0) is 19.1 Å². The minimum atomic E-state index is -0.997. The summed E-state index contributed by atoms with van der Waals surface area (Å²) in [5.74, 6) is -0.997. The second-order valence-electron chi connectivity index (χ2n) is 4.52. The maximum atomic E-state index is 12.2. The van der Waals surface area contributed by atoms with Crippen LogP contribution in [0, 0.1) is 0 Å². The van der Waals surface area contributed by atoms with Crippen LogP contribution < -0.4 is 10.6 Å². The van der Waals surface area contributed by atoms with Crippen molar-refractivity contribution in [2.45, 2.75) is 19.0 Å². The van der Waals surface area contributed by atoms with E-state index in [1.165, 1.54) is 4.90 Å². The van der Waals surface area contributed by atoms with E-state index in [4.69, 9.17) is 0 Å². The molecule has 2 amide bonds. The molecule has 6 heteroatoms. The molecule has 1 aliphatic heterocycles. The van der Waals surface area contributed by atoms with E-state index < -0.39 is 12.0 Å². The van der Waals surface area contributed by atoms with Crippen LogP contribution in [0.15, 0.2) is 30.3 Å². The normalized spacial score (nSPS) is 22.9. The minimum absolute atomic E-state index is 0.271. The number of aliphatic carboxylic acids is 1. The SMILES string of the molecule is CC1NCCN(C(=O)Nc2ccccc2)C1C(=O)O. The van der Waals surface area contributed by atoms with Gasteiger partial charge < -0.3 is 20.6 Å². The Morgan fingerprint density at radius 2 is 2.05 bits per heavy atom. The van der Waals surface area contributed by atoms with E-state index >= 15 is 0 Å². The summed E-state index contributed by atoms with van der Waals surface area (Å²) >= 11 is 0. The Kier molecular flexibility index (Phi) is 4.01. The number of carboxylic acid groups (broad SMARTS) is 1. The molecule has 0 bridgehead atoms. The molecule has 0 saturated carbocycles. The van der Waals surface area contributed by atoms with Crippen molar-refractivity contribution >= 4 is 17.7 Å². The van der Waals surface area contributed by atoms with Crippen molar-refractivity contribution in [2.24, 2.45) is 0 Å². The lowest BCUT2D eigenvalue weighted by Gasteiger charge is -2.37. The number of nitrogens with zero attached hydrogens (tertiary/aromatic N) is 1. The Labute approximate surface area is 111 Å². The van der Waals surface area contributed by atoms with Crippen LogP contribution in [0.5, 0.6) is 0 Å². The number of piperazine rings is 1.